The van der Waals surface area contributed by atoms with Gasteiger partial charge in [0.15, 0.2) is 11.6 Å². The molecule has 0 spiro atoms. The molecular formula is C22H32F2. The van der Waals surface area contributed by atoms with Gasteiger partial charge in [0.25, 0.3) is 0 Å². The summed E-state index contributed by atoms with van der Waals surface area (Å²) in [5, 5.41) is 0. The summed E-state index contributed by atoms with van der Waals surface area (Å²) < 4.78 is 26.7. The van der Waals surface area contributed by atoms with Gasteiger partial charge in [0.1, 0.15) is 0 Å². The van der Waals surface area contributed by atoms with E-state index in [1.54, 1.807) is 6.07 Å². The average molecular weight is 334 g/mol. The molecule has 0 aliphatic rings. The van der Waals surface area contributed by atoms with Crippen molar-refractivity contribution >= 4 is 0 Å². The maximum absolute atomic E-state index is 13.6. The molecular weight excluding hydrogens is 302 g/mol. The number of allylic oxidation sites excluding steroid dienone is 3. The van der Waals surface area contributed by atoms with Crippen LogP contribution in [0.3, 0.4) is 0 Å². The minimum atomic E-state index is -0.782. The van der Waals surface area contributed by atoms with Gasteiger partial charge >= 0.3 is 0 Å². The minimum Gasteiger partial charge on any atom is -0.204 e. The fourth-order valence-electron chi connectivity index (χ4n) is 2.98. The molecule has 0 aliphatic carbocycles. The summed E-state index contributed by atoms with van der Waals surface area (Å²) in [7, 11) is 0. The average Bonchev–Trinajstić information content (AvgIpc) is 2.57. The molecule has 0 heterocycles. The first kappa shape index (κ1) is 20.6. The predicted molar refractivity (Wildman–Crippen MR) is 100 cm³/mol. The minimum absolute atomic E-state index is 0.501. The summed E-state index contributed by atoms with van der Waals surface area (Å²) in [5.74, 6) is -1.04. The summed E-state index contributed by atoms with van der Waals surface area (Å²) in [6, 6.07) is 4.25. The van der Waals surface area contributed by atoms with Gasteiger partial charge in [-0.2, -0.15) is 0 Å². The van der Waals surface area contributed by atoms with Crippen LogP contribution >= 0.6 is 0 Å². The molecule has 1 rings (SSSR count). The lowest BCUT2D eigenvalue weighted by Gasteiger charge is -2.21. The van der Waals surface area contributed by atoms with Crippen molar-refractivity contribution in [2.75, 3.05) is 0 Å². The first-order valence-corrected chi connectivity index (χ1v) is 9.33. The van der Waals surface area contributed by atoms with E-state index >= 15 is 0 Å². The third kappa shape index (κ3) is 6.98. The number of halogens is 2. The largest absolute Gasteiger partial charge is 0.204 e. The lowest BCUT2D eigenvalue weighted by Crippen LogP contribution is -2.08. The second kappa shape index (κ2) is 11.2. The second-order valence-electron chi connectivity index (χ2n) is 6.64. The number of rotatable bonds is 11. The Balaban J connectivity index is 3.04. The van der Waals surface area contributed by atoms with E-state index < -0.39 is 11.6 Å². The maximum atomic E-state index is 13.6. The van der Waals surface area contributed by atoms with Gasteiger partial charge in [0.05, 0.1) is 0 Å². The molecule has 0 saturated heterocycles. The van der Waals surface area contributed by atoms with E-state index in [0.717, 1.165) is 30.4 Å². The Bertz CT molecular complexity index is 535. The van der Waals surface area contributed by atoms with E-state index in [4.69, 9.17) is 0 Å². The van der Waals surface area contributed by atoms with Crippen molar-refractivity contribution in [3.8, 4) is 0 Å². The Hall–Kier alpha value is -1.44. The normalized spacial score (nSPS) is 12.0. The zero-order valence-corrected chi connectivity index (χ0v) is 15.5. The van der Waals surface area contributed by atoms with Crippen molar-refractivity contribution in [1.29, 1.82) is 0 Å². The number of unbranched alkanes of at least 4 members (excludes halogenated alkanes) is 2. The standard InChI is InChI=1S/C22H32F2/c1-5-8-10-19(11-9-6-2)20(14-17(4)7-3)15-18-12-13-21(23)22(24)16-18/h12-14,16,19H,4-11,15H2,1-3H3/b20-14-. The SMILES string of the molecule is C=C(/C=C(/Cc1ccc(F)c(F)c1)C(CCCC)CCCC)CC. The Kier molecular flexibility index (Phi) is 9.59. The molecule has 24 heavy (non-hydrogen) atoms. The van der Waals surface area contributed by atoms with Crippen molar-refractivity contribution in [2.45, 2.75) is 72.1 Å². The van der Waals surface area contributed by atoms with Crippen LogP contribution in [0, 0.1) is 17.6 Å². The summed E-state index contributed by atoms with van der Waals surface area (Å²) in [6.45, 7) is 10.6. The highest BCUT2D eigenvalue weighted by atomic mass is 19.2. The summed E-state index contributed by atoms with van der Waals surface area (Å²) in [5.41, 5.74) is 3.25. The smallest absolute Gasteiger partial charge is 0.159 e. The van der Waals surface area contributed by atoms with Crippen LogP contribution in [-0.4, -0.2) is 0 Å². The molecule has 0 aromatic heterocycles. The highest BCUT2D eigenvalue weighted by Crippen LogP contribution is 2.29. The Morgan fingerprint density at radius 1 is 1.04 bits per heavy atom. The van der Waals surface area contributed by atoms with E-state index in [0.29, 0.717) is 12.3 Å². The molecule has 0 radical (unpaired) electrons. The van der Waals surface area contributed by atoms with Crippen LogP contribution in [0.2, 0.25) is 0 Å². The topological polar surface area (TPSA) is 0 Å². The molecule has 134 valence electrons. The van der Waals surface area contributed by atoms with Crippen molar-refractivity contribution in [1.82, 2.24) is 0 Å². The molecule has 0 atom stereocenters. The molecule has 0 unspecified atom stereocenters. The van der Waals surface area contributed by atoms with Crippen LogP contribution in [-0.2, 0) is 6.42 Å². The van der Waals surface area contributed by atoms with E-state index in [2.05, 4.69) is 33.4 Å². The van der Waals surface area contributed by atoms with Crippen LogP contribution in [0.25, 0.3) is 0 Å². The molecule has 1 aromatic carbocycles. The van der Waals surface area contributed by atoms with Crippen LogP contribution < -0.4 is 0 Å². The quantitative estimate of drug-likeness (QED) is 0.370. The van der Waals surface area contributed by atoms with Crippen LogP contribution in [0.4, 0.5) is 8.78 Å². The molecule has 0 nitrogen and oxygen atoms in total. The Labute approximate surface area is 146 Å². The molecule has 0 fully saturated rings. The van der Waals surface area contributed by atoms with Gasteiger partial charge in [-0.25, -0.2) is 8.78 Å². The Morgan fingerprint density at radius 3 is 2.17 bits per heavy atom. The Morgan fingerprint density at radius 2 is 1.67 bits per heavy atom. The van der Waals surface area contributed by atoms with E-state index in [9.17, 15) is 8.78 Å². The summed E-state index contributed by atoms with van der Waals surface area (Å²) in [4.78, 5) is 0. The second-order valence-corrected chi connectivity index (χ2v) is 6.64. The van der Waals surface area contributed by atoms with Gasteiger partial charge in [0.2, 0.25) is 0 Å². The summed E-state index contributed by atoms with van der Waals surface area (Å²) >= 11 is 0. The van der Waals surface area contributed by atoms with Gasteiger partial charge in [-0.15, -0.1) is 0 Å². The highest BCUT2D eigenvalue weighted by molar-refractivity contribution is 5.29. The van der Waals surface area contributed by atoms with Gasteiger partial charge in [-0.1, -0.05) is 76.3 Å². The van der Waals surface area contributed by atoms with E-state index in [1.165, 1.54) is 43.4 Å². The first-order valence-electron chi connectivity index (χ1n) is 9.33. The number of hydrogen-bond donors (Lipinski definition) is 0. The maximum Gasteiger partial charge on any atom is 0.159 e. The number of hydrogen-bond acceptors (Lipinski definition) is 0. The molecule has 0 aliphatic heterocycles. The van der Waals surface area contributed by atoms with Crippen molar-refractivity contribution < 1.29 is 8.78 Å². The lowest BCUT2D eigenvalue weighted by molar-refractivity contribution is 0.467. The predicted octanol–water partition coefficient (Wildman–Crippen LogP) is 7.40. The highest BCUT2D eigenvalue weighted by Gasteiger charge is 2.15. The zero-order chi connectivity index (χ0) is 17.9. The third-order valence-electron chi connectivity index (χ3n) is 4.57. The lowest BCUT2D eigenvalue weighted by atomic mass is 9.84. The third-order valence-corrected chi connectivity index (χ3v) is 4.57. The molecule has 0 amide bonds. The van der Waals surface area contributed by atoms with Crippen molar-refractivity contribution in [3.05, 3.63) is 59.2 Å². The first-order chi connectivity index (χ1) is 11.5. The van der Waals surface area contributed by atoms with Crippen LogP contribution in [0.15, 0.2) is 42.0 Å². The van der Waals surface area contributed by atoms with Gasteiger partial charge in [-0.05, 0) is 49.3 Å². The van der Waals surface area contributed by atoms with Crippen molar-refractivity contribution in [3.63, 3.8) is 0 Å². The number of benzene rings is 1. The van der Waals surface area contributed by atoms with Crippen molar-refractivity contribution in [2.24, 2.45) is 5.92 Å². The molecule has 0 N–H and O–H groups in total. The zero-order valence-electron chi connectivity index (χ0n) is 15.5. The van der Waals surface area contributed by atoms with Crippen LogP contribution in [0.1, 0.15) is 71.3 Å². The molecule has 1 aromatic rings. The van der Waals surface area contributed by atoms with E-state index in [-0.39, 0.29) is 0 Å². The fraction of sp³-hybridized carbons (Fsp3) is 0.545. The van der Waals surface area contributed by atoms with Crippen LogP contribution in [0.5, 0.6) is 0 Å². The van der Waals surface area contributed by atoms with E-state index in [1.807, 2.05) is 0 Å². The van der Waals surface area contributed by atoms with Gasteiger partial charge < -0.3 is 0 Å². The molecule has 0 bridgehead atoms. The van der Waals surface area contributed by atoms with Gasteiger partial charge in [-0.3, -0.25) is 0 Å². The fourth-order valence-corrected chi connectivity index (χ4v) is 2.98. The summed E-state index contributed by atoms with van der Waals surface area (Å²) in [6.07, 6.45) is 10.8. The molecule has 2 heteroatoms. The van der Waals surface area contributed by atoms with Gasteiger partial charge in [0, 0.05) is 0 Å². The monoisotopic (exact) mass is 334 g/mol. The molecule has 0 saturated carbocycles.